The lowest BCUT2D eigenvalue weighted by Crippen LogP contribution is -2.45. The van der Waals surface area contributed by atoms with Gasteiger partial charge in [-0.05, 0) is 19.3 Å². The van der Waals surface area contributed by atoms with Gasteiger partial charge in [0.2, 0.25) is 0 Å². The molecule has 0 radical (unpaired) electrons. The van der Waals surface area contributed by atoms with Gasteiger partial charge in [-0.15, -0.1) is 0 Å². The lowest BCUT2D eigenvalue weighted by atomic mass is 9.95. The average molecular weight is 463 g/mol. The molecule has 0 unspecified atom stereocenters. The Labute approximate surface area is 189 Å². The molecule has 10 heteroatoms. The van der Waals surface area contributed by atoms with E-state index in [4.69, 9.17) is 14.2 Å². The fourth-order valence-electron chi connectivity index (χ4n) is 2.09. The van der Waals surface area contributed by atoms with Crippen LogP contribution in [0.3, 0.4) is 0 Å². The number of ether oxygens (including phenoxy) is 4. The van der Waals surface area contributed by atoms with E-state index in [1.165, 1.54) is 13.8 Å². The largest absolute Gasteiger partial charge is 0.466 e. The lowest BCUT2D eigenvalue weighted by Gasteiger charge is -2.24. The second kappa shape index (κ2) is 19.2. The highest BCUT2D eigenvalue weighted by Gasteiger charge is 2.43. The van der Waals surface area contributed by atoms with Gasteiger partial charge in [0.05, 0.1) is 32.7 Å². The molecule has 0 aliphatic rings. The first-order chi connectivity index (χ1) is 15.0. The number of aliphatic hydroxyl groups is 1. The fraction of sp³-hybridized carbons (Fsp3) is 0.773. The summed E-state index contributed by atoms with van der Waals surface area (Å²) in [6.45, 7) is 8.71. The molecule has 0 aromatic carbocycles. The summed E-state index contributed by atoms with van der Waals surface area (Å²) in [5.41, 5.74) is -2.26. The molecule has 0 amide bonds. The Balaban J connectivity index is 0. The highest BCUT2D eigenvalue weighted by molar-refractivity contribution is 5.90. The quantitative estimate of drug-likeness (QED) is 0.177. The minimum absolute atomic E-state index is 0.118. The van der Waals surface area contributed by atoms with E-state index in [-0.39, 0.29) is 19.8 Å². The van der Waals surface area contributed by atoms with Crippen LogP contribution in [-0.2, 0) is 42.9 Å². The van der Waals surface area contributed by atoms with Gasteiger partial charge in [-0.25, -0.2) is 4.79 Å². The lowest BCUT2D eigenvalue weighted by molar-refractivity contribution is -0.178. The maximum atomic E-state index is 12.2. The van der Waals surface area contributed by atoms with Crippen LogP contribution >= 0.6 is 0 Å². The Bertz CT molecular complexity index is 549. The van der Waals surface area contributed by atoms with Crippen molar-refractivity contribution in [3.63, 3.8) is 0 Å². The summed E-state index contributed by atoms with van der Waals surface area (Å²) in [5, 5.41) is 10.6. The first kappa shape index (κ1) is 31.7. The topological polar surface area (TPSA) is 143 Å². The summed E-state index contributed by atoms with van der Waals surface area (Å²) in [5.74, 6) is -3.62. The summed E-state index contributed by atoms with van der Waals surface area (Å²) < 4.78 is 18.9. The third-order valence-corrected chi connectivity index (χ3v) is 3.79. The highest BCUT2D eigenvalue weighted by atomic mass is 16.6. The van der Waals surface area contributed by atoms with Crippen LogP contribution in [0.1, 0.15) is 86.0 Å². The fourth-order valence-corrected chi connectivity index (χ4v) is 2.09. The van der Waals surface area contributed by atoms with Gasteiger partial charge in [-0.2, -0.15) is 0 Å². The van der Waals surface area contributed by atoms with Crippen molar-refractivity contribution < 1.29 is 48.0 Å². The number of carbonyl (C=O) groups excluding carboxylic acids is 5. The minimum atomic E-state index is -2.26. The van der Waals surface area contributed by atoms with Crippen LogP contribution < -0.4 is 0 Å². The van der Waals surface area contributed by atoms with Crippen LogP contribution in [-0.4, -0.2) is 60.4 Å². The van der Waals surface area contributed by atoms with Crippen LogP contribution in [0.2, 0.25) is 0 Å². The van der Waals surface area contributed by atoms with Crippen molar-refractivity contribution in [3.8, 4) is 0 Å². The smallest absolute Gasteiger partial charge is 0.339 e. The number of esters is 5. The molecular weight excluding hydrogens is 424 g/mol. The second-order valence-corrected chi connectivity index (χ2v) is 7.11. The van der Waals surface area contributed by atoms with E-state index in [1.807, 2.05) is 20.8 Å². The normalized spacial score (nSPS) is 10.3. The molecule has 0 aromatic rings. The molecule has 0 rings (SSSR count). The summed E-state index contributed by atoms with van der Waals surface area (Å²) in [6.07, 6.45) is 3.23. The van der Waals surface area contributed by atoms with Gasteiger partial charge < -0.3 is 24.1 Å². The molecule has 0 spiro atoms. The van der Waals surface area contributed by atoms with E-state index in [9.17, 15) is 29.1 Å². The third-order valence-electron chi connectivity index (χ3n) is 3.79. The molecule has 0 saturated carbocycles. The molecule has 10 nitrogen and oxygen atoms in total. The van der Waals surface area contributed by atoms with Crippen LogP contribution in [0.5, 0.6) is 0 Å². The summed E-state index contributed by atoms with van der Waals surface area (Å²) >= 11 is 0. The maximum absolute atomic E-state index is 12.2. The van der Waals surface area contributed by atoms with Gasteiger partial charge in [0.1, 0.15) is 0 Å². The average Bonchev–Trinajstić information content (AvgIpc) is 2.67. The van der Waals surface area contributed by atoms with E-state index < -0.39 is 48.3 Å². The molecule has 0 atom stereocenters. The Morgan fingerprint density at radius 3 is 1.28 bits per heavy atom. The molecule has 0 saturated heterocycles. The SMILES string of the molecule is CC(=O)OC(C)=O.CCCCOC(=O)CC(O)(CC(=O)OCCCC)C(=O)OCCCC. The van der Waals surface area contributed by atoms with Gasteiger partial charge in [0, 0.05) is 13.8 Å². The Kier molecular flexibility index (Phi) is 19.0. The molecule has 0 heterocycles. The van der Waals surface area contributed by atoms with E-state index >= 15 is 0 Å². The van der Waals surface area contributed by atoms with Crippen LogP contribution in [0.4, 0.5) is 0 Å². The van der Waals surface area contributed by atoms with Crippen molar-refractivity contribution in [2.24, 2.45) is 0 Å². The predicted octanol–water partition coefficient (Wildman–Crippen LogP) is 2.62. The highest BCUT2D eigenvalue weighted by Crippen LogP contribution is 2.20. The third kappa shape index (κ3) is 18.3. The Hall–Kier alpha value is -2.49. The molecule has 0 aliphatic heterocycles. The van der Waals surface area contributed by atoms with Crippen molar-refractivity contribution in [2.75, 3.05) is 19.8 Å². The first-order valence-corrected chi connectivity index (χ1v) is 10.9. The van der Waals surface area contributed by atoms with Crippen molar-refractivity contribution in [3.05, 3.63) is 0 Å². The van der Waals surface area contributed by atoms with Gasteiger partial charge >= 0.3 is 29.8 Å². The van der Waals surface area contributed by atoms with Crippen molar-refractivity contribution >= 4 is 29.8 Å². The summed E-state index contributed by atoms with van der Waals surface area (Å²) in [4.78, 5) is 55.5. The van der Waals surface area contributed by atoms with E-state index in [1.54, 1.807) is 0 Å². The first-order valence-electron chi connectivity index (χ1n) is 10.9. The van der Waals surface area contributed by atoms with E-state index in [0.29, 0.717) is 19.3 Å². The van der Waals surface area contributed by atoms with Crippen LogP contribution in [0, 0.1) is 0 Å². The van der Waals surface area contributed by atoms with Gasteiger partial charge in [0.25, 0.3) is 0 Å². The zero-order chi connectivity index (χ0) is 25.0. The monoisotopic (exact) mass is 462 g/mol. The minimum Gasteiger partial charge on any atom is -0.466 e. The van der Waals surface area contributed by atoms with Crippen molar-refractivity contribution in [1.82, 2.24) is 0 Å². The molecule has 0 aliphatic carbocycles. The molecule has 186 valence electrons. The predicted molar refractivity (Wildman–Crippen MR) is 114 cm³/mol. The Morgan fingerprint density at radius 1 is 0.656 bits per heavy atom. The van der Waals surface area contributed by atoms with Crippen LogP contribution in [0.15, 0.2) is 0 Å². The second-order valence-electron chi connectivity index (χ2n) is 7.11. The molecule has 0 bridgehead atoms. The molecular formula is C22H38O10. The van der Waals surface area contributed by atoms with Gasteiger partial charge in [-0.1, -0.05) is 40.0 Å². The standard InChI is InChI=1S/C18H32O7.C4H6O3/c1-4-7-10-23-15(19)13-18(22,17(21)25-12-9-6-3)14-16(20)24-11-8-5-2;1-3(5)7-4(2)6/h22H,4-14H2,1-3H3;1-2H3. The van der Waals surface area contributed by atoms with Crippen molar-refractivity contribution in [1.29, 1.82) is 0 Å². The zero-order valence-electron chi connectivity index (χ0n) is 19.9. The van der Waals surface area contributed by atoms with Crippen LogP contribution in [0.25, 0.3) is 0 Å². The molecule has 1 N–H and O–H groups in total. The van der Waals surface area contributed by atoms with E-state index in [0.717, 1.165) is 19.3 Å². The molecule has 32 heavy (non-hydrogen) atoms. The Morgan fingerprint density at radius 2 is 1.00 bits per heavy atom. The molecule has 0 aromatic heterocycles. The maximum Gasteiger partial charge on any atom is 0.339 e. The zero-order valence-corrected chi connectivity index (χ0v) is 19.9. The number of hydrogen-bond acceptors (Lipinski definition) is 10. The summed E-state index contributed by atoms with van der Waals surface area (Å²) in [7, 11) is 0. The van der Waals surface area contributed by atoms with Crippen molar-refractivity contribution in [2.45, 2.75) is 91.6 Å². The molecule has 0 fully saturated rings. The van der Waals surface area contributed by atoms with Gasteiger partial charge in [-0.3, -0.25) is 19.2 Å². The number of carbonyl (C=O) groups is 5. The number of rotatable bonds is 14. The van der Waals surface area contributed by atoms with Gasteiger partial charge in [0.15, 0.2) is 5.60 Å². The number of hydrogen-bond donors (Lipinski definition) is 1. The summed E-state index contributed by atoms with van der Waals surface area (Å²) in [6, 6.07) is 0. The van der Waals surface area contributed by atoms with E-state index in [2.05, 4.69) is 4.74 Å². The number of unbranched alkanes of at least 4 members (excludes halogenated alkanes) is 3.